The minimum atomic E-state index is -0.427. The summed E-state index contributed by atoms with van der Waals surface area (Å²) in [7, 11) is 0. The Morgan fingerprint density at radius 2 is 2.00 bits per heavy atom. The van der Waals surface area contributed by atoms with Gasteiger partial charge < -0.3 is 10.3 Å². The van der Waals surface area contributed by atoms with Gasteiger partial charge in [0.1, 0.15) is 11.9 Å². The maximum absolute atomic E-state index is 6.10. The van der Waals surface area contributed by atoms with E-state index >= 15 is 0 Å². The van der Waals surface area contributed by atoms with Gasteiger partial charge in [0.25, 0.3) is 0 Å². The predicted octanol–water partition coefficient (Wildman–Crippen LogP) is 1.97. The van der Waals surface area contributed by atoms with Crippen molar-refractivity contribution < 1.29 is 0 Å². The molecule has 0 radical (unpaired) electrons. The van der Waals surface area contributed by atoms with E-state index in [4.69, 9.17) is 10.7 Å². The maximum atomic E-state index is 6.10. The van der Waals surface area contributed by atoms with Gasteiger partial charge in [-0.25, -0.2) is 15.0 Å². The van der Waals surface area contributed by atoms with Gasteiger partial charge in [0.05, 0.1) is 6.54 Å². The average molecular weight is 304 g/mol. The van der Waals surface area contributed by atoms with Gasteiger partial charge in [-0.15, -0.1) is 0 Å². The Hall–Kier alpha value is -3.02. The summed E-state index contributed by atoms with van der Waals surface area (Å²) in [6.45, 7) is 2.79. The molecule has 0 bridgehead atoms. The fraction of sp³-hybridized carbons (Fsp3) is 0.176. The summed E-state index contributed by atoms with van der Waals surface area (Å²) in [4.78, 5) is 17.1. The van der Waals surface area contributed by atoms with Crippen LogP contribution in [0.3, 0.4) is 0 Å². The van der Waals surface area contributed by atoms with E-state index in [-0.39, 0.29) is 0 Å². The monoisotopic (exact) mass is 304 g/mol. The lowest BCUT2D eigenvalue weighted by Crippen LogP contribution is -2.37. The van der Waals surface area contributed by atoms with Crippen LogP contribution in [0.5, 0.6) is 0 Å². The van der Waals surface area contributed by atoms with Crippen LogP contribution >= 0.6 is 0 Å². The quantitative estimate of drug-likeness (QED) is 0.784. The van der Waals surface area contributed by atoms with Crippen molar-refractivity contribution in [3.8, 4) is 11.1 Å². The summed E-state index contributed by atoms with van der Waals surface area (Å²) < 4.78 is 2.04. The number of nitrogens with two attached hydrogens (primary N) is 1. The third-order valence-corrected chi connectivity index (χ3v) is 4.17. The van der Waals surface area contributed by atoms with Crippen molar-refractivity contribution in [2.75, 3.05) is 0 Å². The van der Waals surface area contributed by atoms with Crippen LogP contribution < -0.4 is 5.73 Å². The van der Waals surface area contributed by atoms with E-state index in [9.17, 15) is 0 Å². The smallest absolute Gasteiger partial charge is 0.175 e. The highest BCUT2D eigenvalue weighted by molar-refractivity contribution is 5.95. The molecule has 1 aromatic carbocycles. The molecule has 0 saturated heterocycles. The normalized spacial score (nSPS) is 20.0. The number of rotatable bonds is 2. The molecule has 0 aliphatic carbocycles. The van der Waals surface area contributed by atoms with Crippen LogP contribution in [0.4, 0.5) is 0 Å². The molecule has 0 saturated carbocycles. The molecule has 0 spiro atoms. The van der Waals surface area contributed by atoms with Gasteiger partial charge in [-0.05, 0) is 24.1 Å². The number of nitrogens with zero attached hydrogens (tertiary/aromatic N) is 5. The molecule has 1 atom stereocenters. The van der Waals surface area contributed by atoms with Crippen molar-refractivity contribution in [1.29, 1.82) is 0 Å². The third-order valence-electron chi connectivity index (χ3n) is 4.17. The number of aliphatic imine (C=N–C) groups is 1. The van der Waals surface area contributed by atoms with Gasteiger partial charge >= 0.3 is 0 Å². The summed E-state index contributed by atoms with van der Waals surface area (Å²) in [5, 5.41) is 0. The maximum Gasteiger partial charge on any atom is 0.175 e. The van der Waals surface area contributed by atoms with Crippen LogP contribution in [-0.2, 0) is 12.1 Å². The molecule has 2 aromatic heterocycles. The molecule has 2 N–H and O–H groups in total. The number of amidine groups is 1. The molecule has 23 heavy (non-hydrogen) atoms. The number of aromatic nitrogens is 4. The van der Waals surface area contributed by atoms with Crippen LogP contribution in [-0.4, -0.2) is 25.4 Å². The van der Waals surface area contributed by atoms with Gasteiger partial charge in [0.2, 0.25) is 0 Å². The summed E-state index contributed by atoms with van der Waals surface area (Å²) in [6.07, 6.45) is 8.83. The molecule has 4 rings (SSSR count). The summed E-state index contributed by atoms with van der Waals surface area (Å²) in [6, 6.07) is 8.27. The highest BCUT2D eigenvalue weighted by Gasteiger charge is 2.32. The van der Waals surface area contributed by atoms with E-state index in [2.05, 4.69) is 34.0 Å². The zero-order valence-corrected chi connectivity index (χ0v) is 12.7. The third kappa shape index (κ3) is 2.28. The highest BCUT2D eigenvalue weighted by Crippen LogP contribution is 2.33. The van der Waals surface area contributed by atoms with Crippen LogP contribution in [0, 0.1) is 0 Å². The number of hydrogen-bond donors (Lipinski definition) is 1. The summed E-state index contributed by atoms with van der Waals surface area (Å²) in [5.74, 6) is 1.20. The number of fused-ring (bicyclic) bond motifs is 1. The first-order valence-electron chi connectivity index (χ1n) is 7.38. The molecule has 0 amide bonds. The average Bonchev–Trinajstić information content (AvgIpc) is 3.04. The molecule has 1 unspecified atom stereocenters. The van der Waals surface area contributed by atoms with Crippen molar-refractivity contribution >= 4 is 5.84 Å². The lowest BCUT2D eigenvalue weighted by Gasteiger charge is -2.31. The van der Waals surface area contributed by atoms with E-state index in [1.165, 1.54) is 6.33 Å². The summed E-state index contributed by atoms with van der Waals surface area (Å²) >= 11 is 0. The molecule has 3 aromatic rings. The lowest BCUT2D eigenvalue weighted by atomic mass is 9.89. The van der Waals surface area contributed by atoms with E-state index in [0.717, 1.165) is 22.5 Å². The van der Waals surface area contributed by atoms with E-state index in [1.54, 1.807) is 18.6 Å². The fourth-order valence-electron chi connectivity index (χ4n) is 2.99. The van der Waals surface area contributed by atoms with Crippen molar-refractivity contribution in [3.05, 3.63) is 66.8 Å². The standard InChI is InChI=1S/C17H16N6/c1-17(10-23-6-5-21-16(23)15(18)22-17)14-4-2-3-12(7-14)13-8-19-11-20-9-13/h2-9,11H,10H2,1H3,(H2,18,22). The largest absolute Gasteiger partial charge is 0.381 e. The van der Waals surface area contributed by atoms with Gasteiger partial charge in [-0.3, -0.25) is 4.99 Å². The molecule has 6 heteroatoms. The molecule has 114 valence electrons. The van der Waals surface area contributed by atoms with Crippen molar-refractivity contribution in [1.82, 2.24) is 19.5 Å². The molecule has 1 aliphatic heterocycles. The van der Waals surface area contributed by atoms with Crippen LogP contribution in [0.2, 0.25) is 0 Å². The van der Waals surface area contributed by atoms with Crippen molar-refractivity contribution in [2.45, 2.75) is 19.0 Å². The van der Waals surface area contributed by atoms with Gasteiger partial charge in [0, 0.05) is 30.4 Å². The summed E-state index contributed by atoms with van der Waals surface area (Å²) in [5.41, 5.74) is 8.82. The first-order valence-corrected chi connectivity index (χ1v) is 7.38. The van der Waals surface area contributed by atoms with E-state index in [1.807, 2.05) is 22.9 Å². The first kappa shape index (κ1) is 13.6. The van der Waals surface area contributed by atoms with Crippen LogP contribution in [0.15, 0.2) is 60.4 Å². The molecule has 1 aliphatic rings. The minimum absolute atomic E-state index is 0.427. The Morgan fingerprint density at radius 3 is 2.83 bits per heavy atom. The fourth-order valence-corrected chi connectivity index (χ4v) is 2.99. The highest BCUT2D eigenvalue weighted by atomic mass is 15.2. The van der Waals surface area contributed by atoms with Crippen LogP contribution in [0.1, 0.15) is 18.3 Å². The van der Waals surface area contributed by atoms with Crippen molar-refractivity contribution in [3.63, 3.8) is 0 Å². The van der Waals surface area contributed by atoms with Gasteiger partial charge in [-0.1, -0.05) is 18.2 Å². The second kappa shape index (κ2) is 5.01. The van der Waals surface area contributed by atoms with E-state index < -0.39 is 5.54 Å². The zero-order chi connectivity index (χ0) is 15.9. The van der Waals surface area contributed by atoms with Crippen molar-refractivity contribution in [2.24, 2.45) is 10.7 Å². The molecular weight excluding hydrogens is 288 g/mol. The number of imidazole rings is 1. The van der Waals surface area contributed by atoms with E-state index in [0.29, 0.717) is 12.4 Å². The first-order chi connectivity index (χ1) is 11.2. The Morgan fingerprint density at radius 1 is 1.17 bits per heavy atom. The molecule has 6 nitrogen and oxygen atoms in total. The van der Waals surface area contributed by atoms with Gasteiger partial charge in [-0.2, -0.15) is 0 Å². The molecular formula is C17H16N6. The Labute approximate surface area is 133 Å². The molecule has 3 heterocycles. The Bertz CT molecular complexity index is 883. The van der Waals surface area contributed by atoms with Gasteiger partial charge in [0.15, 0.2) is 11.7 Å². The number of benzene rings is 1. The zero-order valence-electron chi connectivity index (χ0n) is 12.7. The lowest BCUT2D eigenvalue weighted by molar-refractivity contribution is 0.400. The predicted molar refractivity (Wildman–Crippen MR) is 87.8 cm³/mol. The topological polar surface area (TPSA) is 82.0 Å². The molecule has 0 fully saturated rings. The minimum Gasteiger partial charge on any atom is -0.381 e. The van der Waals surface area contributed by atoms with Crippen LogP contribution in [0.25, 0.3) is 11.1 Å². The second-order valence-electron chi connectivity index (χ2n) is 5.86. The second-order valence-corrected chi connectivity index (χ2v) is 5.86. The SMILES string of the molecule is CC1(c2cccc(-c3cncnc3)c2)Cn2ccnc2C(N)=N1. The Kier molecular flexibility index (Phi) is 2.97. The number of hydrogen-bond acceptors (Lipinski definition) is 5. The Balaban J connectivity index is 1.78.